The number of hydrogen-bond donors (Lipinski definition) is 4. The van der Waals surface area contributed by atoms with Crippen LogP contribution in [0.3, 0.4) is 0 Å². The fraction of sp³-hybridized carbons (Fsp3) is 0.273. The molecule has 0 aliphatic carbocycles. The average molecular weight is 396 g/mol. The molecule has 0 heterocycles. The summed E-state index contributed by atoms with van der Waals surface area (Å²) < 4.78 is 1.46. The van der Waals surface area contributed by atoms with Crippen LogP contribution in [0.25, 0.3) is 0 Å². The first-order chi connectivity index (χ1) is 8.72. The normalized spacial score (nSPS) is 13.5. The Morgan fingerprint density at radius 2 is 2.00 bits per heavy atom. The number of aliphatic hydroxyl groups is 1. The largest absolute Gasteiger partial charge is 0.479 e. The number of hydrogen-bond acceptors (Lipinski definition) is 3. The van der Waals surface area contributed by atoms with Gasteiger partial charge in [0.1, 0.15) is 0 Å². The Balaban J connectivity index is 2.61. The number of benzene rings is 1. The molecule has 6 nitrogen and oxygen atoms in total. The minimum atomic E-state index is -2.01. The Bertz CT molecular complexity index is 505. The van der Waals surface area contributed by atoms with Crippen LogP contribution in [0.15, 0.2) is 27.1 Å². The standard InChI is InChI=1S/C11H12Br2N2O4/c1-11(19,9(16)17)5-14-10(18)15-8-4-6(12)2-3-7(8)13/h2-4,19H,5H2,1H3,(H,16,17)(H2,14,15,18). The first kappa shape index (κ1) is 15.9. The number of carboxylic acid groups (broad SMARTS) is 1. The summed E-state index contributed by atoms with van der Waals surface area (Å²) in [5.74, 6) is -1.41. The Morgan fingerprint density at radius 3 is 2.58 bits per heavy atom. The van der Waals surface area contributed by atoms with Crippen molar-refractivity contribution >= 4 is 49.5 Å². The van der Waals surface area contributed by atoms with Crippen LogP contribution in [-0.2, 0) is 4.79 Å². The van der Waals surface area contributed by atoms with Crippen LogP contribution < -0.4 is 10.6 Å². The molecule has 1 aromatic carbocycles. The molecule has 0 saturated carbocycles. The lowest BCUT2D eigenvalue weighted by atomic mass is 10.1. The van der Waals surface area contributed by atoms with Gasteiger partial charge in [-0.15, -0.1) is 0 Å². The molecular weight excluding hydrogens is 384 g/mol. The molecular formula is C11H12Br2N2O4. The zero-order valence-electron chi connectivity index (χ0n) is 9.91. The van der Waals surface area contributed by atoms with Crippen LogP contribution in [0.5, 0.6) is 0 Å². The Hall–Kier alpha value is -1.12. The van der Waals surface area contributed by atoms with Gasteiger partial charge in [0.25, 0.3) is 0 Å². The van der Waals surface area contributed by atoms with E-state index >= 15 is 0 Å². The number of aliphatic carboxylic acids is 1. The summed E-state index contributed by atoms with van der Waals surface area (Å²) in [5.41, 5.74) is -1.49. The number of amides is 2. The number of urea groups is 1. The number of rotatable bonds is 4. The lowest BCUT2D eigenvalue weighted by molar-refractivity contribution is -0.155. The van der Waals surface area contributed by atoms with Crippen molar-refractivity contribution in [2.24, 2.45) is 0 Å². The predicted molar refractivity (Wildman–Crippen MR) is 77.1 cm³/mol. The van der Waals surface area contributed by atoms with E-state index in [1.54, 1.807) is 18.2 Å². The van der Waals surface area contributed by atoms with E-state index in [0.29, 0.717) is 10.2 Å². The lowest BCUT2D eigenvalue weighted by Gasteiger charge is -2.18. The molecule has 0 aromatic heterocycles. The first-order valence-electron chi connectivity index (χ1n) is 5.18. The molecule has 2 amide bonds. The highest BCUT2D eigenvalue weighted by molar-refractivity contribution is 9.11. The summed E-state index contributed by atoms with van der Waals surface area (Å²) in [6.07, 6.45) is 0. The monoisotopic (exact) mass is 394 g/mol. The molecule has 0 spiro atoms. The summed E-state index contributed by atoms with van der Waals surface area (Å²) in [6, 6.07) is 4.61. The van der Waals surface area contributed by atoms with E-state index in [0.717, 1.165) is 11.4 Å². The molecule has 1 atom stereocenters. The fourth-order valence-corrected chi connectivity index (χ4v) is 1.79. The van der Waals surface area contributed by atoms with Gasteiger partial charge in [0.05, 0.1) is 12.2 Å². The number of carbonyl (C=O) groups is 2. The number of anilines is 1. The Kier molecular flexibility index (Phi) is 5.33. The van der Waals surface area contributed by atoms with Crippen molar-refractivity contribution in [1.82, 2.24) is 5.32 Å². The number of carboxylic acids is 1. The third kappa shape index (κ3) is 4.81. The van der Waals surface area contributed by atoms with E-state index in [-0.39, 0.29) is 0 Å². The van der Waals surface area contributed by atoms with Crippen LogP contribution in [0.4, 0.5) is 10.5 Å². The zero-order chi connectivity index (χ0) is 14.6. The molecule has 104 valence electrons. The smallest absolute Gasteiger partial charge is 0.337 e. The number of carbonyl (C=O) groups excluding carboxylic acids is 1. The van der Waals surface area contributed by atoms with Crippen molar-refractivity contribution in [3.8, 4) is 0 Å². The van der Waals surface area contributed by atoms with Crippen molar-refractivity contribution in [2.75, 3.05) is 11.9 Å². The molecule has 1 rings (SSSR count). The van der Waals surface area contributed by atoms with E-state index in [4.69, 9.17) is 5.11 Å². The van der Waals surface area contributed by atoms with Gasteiger partial charge in [0.2, 0.25) is 0 Å². The van der Waals surface area contributed by atoms with Crippen LogP contribution >= 0.6 is 31.9 Å². The van der Waals surface area contributed by atoms with Gasteiger partial charge in [-0.1, -0.05) is 15.9 Å². The second-order valence-electron chi connectivity index (χ2n) is 4.01. The second kappa shape index (κ2) is 6.36. The predicted octanol–water partition coefficient (Wildman–Crippen LogP) is 2.17. The maximum Gasteiger partial charge on any atom is 0.337 e. The minimum Gasteiger partial charge on any atom is -0.479 e. The van der Waals surface area contributed by atoms with Gasteiger partial charge >= 0.3 is 12.0 Å². The van der Waals surface area contributed by atoms with Crippen LogP contribution in [0.2, 0.25) is 0 Å². The van der Waals surface area contributed by atoms with Crippen molar-refractivity contribution in [3.63, 3.8) is 0 Å². The molecule has 0 bridgehead atoms. The lowest BCUT2D eigenvalue weighted by Crippen LogP contribution is -2.47. The SMILES string of the molecule is CC(O)(CNC(=O)Nc1cc(Br)ccc1Br)C(=O)O. The van der Waals surface area contributed by atoms with Crippen LogP contribution in [0.1, 0.15) is 6.92 Å². The highest BCUT2D eigenvalue weighted by Crippen LogP contribution is 2.25. The quantitative estimate of drug-likeness (QED) is 0.627. The fourth-order valence-electron chi connectivity index (χ4n) is 1.09. The van der Waals surface area contributed by atoms with Gasteiger partial charge in [-0.05, 0) is 41.1 Å². The third-order valence-electron chi connectivity index (χ3n) is 2.23. The highest BCUT2D eigenvalue weighted by atomic mass is 79.9. The molecule has 0 aliphatic heterocycles. The van der Waals surface area contributed by atoms with Gasteiger partial charge in [-0.25, -0.2) is 9.59 Å². The summed E-state index contributed by atoms with van der Waals surface area (Å²) in [5, 5.41) is 22.9. The minimum absolute atomic E-state index is 0.403. The molecule has 0 radical (unpaired) electrons. The number of halogens is 2. The summed E-state index contributed by atoms with van der Waals surface area (Å²) >= 11 is 6.53. The maximum atomic E-state index is 11.6. The van der Waals surface area contributed by atoms with Crippen molar-refractivity contribution < 1.29 is 19.8 Å². The molecule has 4 N–H and O–H groups in total. The zero-order valence-corrected chi connectivity index (χ0v) is 13.1. The molecule has 0 fully saturated rings. The van der Waals surface area contributed by atoms with Crippen molar-refractivity contribution in [1.29, 1.82) is 0 Å². The van der Waals surface area contributed by atoms with E-state index in [1.807, 2.05) is 0 Å². The molecule has 0 aliphatic rings. The number of nitrogens with one attached hydrogen (secondary N) is 2. The molecule has 19 heavy (non-hydrogen) atoms. The van der Waals surface area contributed by atoms with E-state index < -0.39 is 24.1 Å². The summed E-state index contributed by atoms with van der Waals surface area (Å²) in [4.78, 5) is 22.2. The van der Waals surface area contributed by atoms with Gasteiger partial charge in [-0.2, -0.15) is 0 Å². The van der Waals surface area contributed by atoms with Crippen molar-refractivity contribution in [2.45, 2.75) is 12.5 Å². The summed E-state index contributed by atoms with van der Waals surface area (Å²) in [6.45, 7) is 0.699. The summed E-state index contributed by atoms with van der Waals surface area (Å²) in [7, 11) is 0. The van der Waals surface area contributed by atoms with E-state index in [9.17, 15) is 14.7 Å². The maximum absolute atomic E-state index is 11.6. The average Bonchev–Trinajstić information content (AvgIpc) is 2.31. The topological polar surface area (TPSA) is 98.7 Å². The van der Waals surface area contributed by atoms with Crippen LogP contribution in [-0.4, -0.2) is 34.4 Å². The Morgan fingerprint density at radius 1 is 1.37 bits per heavy atom. The van der Waals surface area contributed by atoms with Crippen molar-refractivity contribution in [3.05, 3.63) is 27.1 Å². The molecule has 0 saturated heterocycles. The second-order valence-corrected chi connectivity index (χ2v) is 5.78. The molecule has 8 heteroatoms. The first-order valence-corrected chi connectivity index (χ1v) is 6.76. The third-order valence-corrected chi connectivity index (χ3v) is 3.42. The van der Waals surface area contributed by atoms with Gasteiger partial charge in [-0.3, -0.25) is 0 Å². The highest BCUT2D eigenvalue weighted by Gasteiger charge is 2.30. The Labute approximate surface area is 126 Å². The van der Waals surface area contributed by atoms with Crippen LogP contribution in [0, 0.1) is 0 Å². The van der Waals surface area contributed by atoms with Gasteiger partial charge in [0, 0.05) is 8.95 Å². The molecule has 1 aromatic rings. The van der Waals surface area contributed by atoms with E-state index in [1.165, 1.54) is 0 Å². The van der Waals surface area contributed by atoms with Gasteiger partial charge < -0.3 is 20.8 Å². The van der Waals surface area contributed by atoms with Gasteiger partial charge in [0.15, 0.2) is 5.60 Å². The van der Waals surface area contributed by atoms with E-state index in [2.05, 4.69) is 42.5 Å². The molecule has 1 unspecified atom stereocenters.